The van der Waals surface area contributed by atoms with E-state index in [2.05, 4.69) is 0 Å². The van der Waals surface area contributed by atoms with Crippen molar-refractivity contribution < 1.29 is 19.8 Å². The summed E-state index contributed by atoms with van der Waals surface area (Å²) in [5.74, 6) is 0. The van der Waals surface area contributed by atoms with Gasteiger partial charge in [-0.05, 0) is 0 Å². The van der Waals surface area contributed by atoms with Crippen LogP contribution in [0.3, 0.4) is 0 Å². The Kier molecular flexibility index (Phi) is 9.20. The molecule has 0 aliphatic rings. The van der Waals surface area contributed by atoms with Gasteiger partial charge in [0.05, 0.1) is 0 Å². The van der Waals surface area contributed by atoms with Crippen LogP contribution in [-0.4, -0.2) is 0 Å². The van der Waals surface area contributed by atoms with Crippen LogP contribution in [0.15, 0.2) is 60.7 Å². The van der Waals surface area contributed by atoms with Crippen LogP contribution >= 0.6 is 0 Å². The van der Waals surface area contributed by atoms with E-state index in [-0.39, 0.29) is 0 Å². The van der Waals surface area contributed by atoms with E-state index in [1.54, 1.807) is 0 Å². The molecule has 0 atom stereocenters. The Morgan fingerprint density at radius 3 is 1.00 bits per heavy atom. The quantitative estimate of drug-likeness (QED) is 0.474. The summed E-state index contributed by atoms with van der Waals surface area (Å²) in [6.07, 6.45) is 0. The number of hydrogen-bond donors (Lipinski definition) is 0. The second kappa shape index (κ2) is 10.0. The van der Waals surface area contributed by atoms with Crippen LogP contribution in [0.2, 0.25) is 0 Å². The van der Waals surface area contributed by atoms with Crippen molar-refractivity contribution >= 4 is 0 Å². The molecule has 1 nitrogen and oxygen atoms in total. The molecule has 0 aromatic heterocycles. The maximum Gasteiger partial charge on any atom is -0.172 e. The molecule has 12 heavy (non-hydrogen) atoms. The van der Waals surface area contributed by atoms with Crippen molar-refractivity contribution in [2.45, 2.75) is 0 Å². The molecule has 2 aromatic carbocycles. The molecule has 0 aliphatic carbocycles. The van der Waals surface area contributed by atoms with Crippen LogP contribution in [0.25, 0.3) is 0 Å². The van der Waals surface area contributed by atoms with Crippen molar-refractivity contribution in [1.29, 1.82) is 0 Å². The Hall–Kier alpha value is -0.981. The Morgan fingerprint density at radius 1 is 0.667 bits per heavy atom. The number of rotatable bonds is 0. The predicted molar refractivity (Wildman–Crippen MR) is 44.8 cm³/mol. The van der Waals surface area contributed by atoms with E-state index in [1.807, 2.05) is 76.6 Å². The summed E-state index contributed by atoms with van der Waals surface area (Å²) in [4.78, 5) is 0. The van der Waals surface area contributed by atoms with Crippen LogP contribution in [0.5, 0.6) is 0 Å². The average molecular weight is 202 g/mol. The molecular weight excluding hydrogens is 192 g/mol. The Balaban J connectivity index is 0.000000168. The molecule has 2 rings (SSSR count). The first-order valence-corrected chi connectivity index (χ1v) is 3.93. The Morgan fingerprint density at radius 2 is 0.917 bits per heavy atom. The normalized spacial score (nSPS) is 7.00. The topological polar surface area (TPSA) is 17.1 Å². The minimum Gasteiger partial charge on any atom is -0.214 e. The van der Waals surface area contributed by atoms with Gasteiger partial charge in [0.1, 0.15) is 0 Å². The van der Waals surface area contributed by atoms with Gasteiger partial charge in [-0.3, -0.25) is 0 Å². The van der Waals surface area contributed by atoms with Crippen LogP contribution in [0.4, 0.5) is 0 Å². The molecule has 0 amide bonds. The van der Waals surface area contributed by atoms with Gasteiger partial charge in [-0.25, -0.2) is 24.3 Å². The zero-order valence-corrected chi connectivity index (χ0v) is 7.64. The van der Waals surface area contributed by atoms with E-state index in [0.717, 1.165) is 0 Å². The van der Waals surface area contributed by atoms with Gasteiger partial charge in [0.25, 0.3) is 0 Å². The first-order chi connectivity index (χ1) is 6.00. The fraction of sp³-hybridized carbons (Fsp3) is 0. The molecule has 0 radical (unpaired) electrons. The van der Waals surface area contributed by atoms with Gasteiger partial charge in [-0.15, -0.1) is 0 Å². The van der Waals surface area contributed by atoms with E-state index in [9.17, 15) is 0 Å². The second-order valence-electron chi connectivity index (χ2n) is 1.92. The molecule has 0 unspecified atom stereocenters. The van der Waals surface area contributed by atoms with Crippen molar-refractivity contribution in [3.63, 3.8) is 0 Å². The van der Waals surface area contributed by atoms with E-state index < -0.39 is 0 Å². The van der Waals surface area contributed by atoms with Gasteiger partial charge in [-0.1, -0.05) is 0 Å². The van der Waals surface area contributed by atoms with E-state index in [0.29, 0.717) is 0 Å². The smallest absolute Gasteiger partial charge is 0.172 e. The first-order valence-electron chi connectivity index (χ1n) is 3.48. The summed E-state index contributed by atoms with van der Waals surface area (Å²) in [6, 6.07) is 20.0. The summed E-state index contributed by atoms with van der Waals surface area (Å²) in [6.45, 7) is 0. The minimum absolute atomic E-state index is 2.00. The average Bonchev–Trinajstić information content (AvgIpc) is 2.87. The molecular formula is C10H10FeO. The largest absolute Gasteiger partial charge is 0.214 e. The third kappa shape index (κ3) is 7.13. The van der Waals surface area contributed by atoms with E-state index >= 15 is 0 Å². The van der Waals surface area contributed by atoms with E-state index in [1.165, 1.54) is 0 Å². The zero-order valence-electron chi connectivity index (χ0n) is 6.54. The zero-order chi connectivity index (χ0) is 9.07. The third-order valence-electron chi connectivity index (χ3n) is 1.11. The summed E-state index contributed by atoms with van der Waals surface area (Å²) >= 11 is 2.00. The molecule has 2 heteroatoms. The summed E-state index contributed by atoms with van der Waals surface area (Å²) < 4.78 is 8.00. The summed E-state index contributed by atoms with van der Waals surface area (Å²) in [5.41, 5.74) is 0. The van der Waals surface area contributed by atoms with E-state index in [4.69, 9.17) is 3.83 Å². The van der Waals surface area contributed by atoms with Crippen molar-refractivity contribution in [3.8, 4) is 0 Å². The van der Waals surface area contributed by atoms with Gasteiger partial charge in [0.2, 0.25) is 0 Å². The molecule has 0 bridgehead atoms. The van der Waals surface area contributed by atoms with Gasteiger partial charge in [0, 0.05) is 0 Å². The maximum absolute atomic E-state index is 8.00. The molecule has 0 saturated carbocycles. The predicted octanol–water partition coefficient (Wildman–Crippen LogP) is 2.69. The molecule has 0 aliphatic heterocycles. The SMILES string of the molecule is [O]=[Fe+2].c1cc[cH-]c1.c1cc[cH-]c1. The number of hydrogen-bond acceptors (Lipinski definition) is 1. The molecule has 0 spiro atoms. The maximum atomic E-state index is 8.00. The monoisotopic (exact) mass is 202 g/mol. The van der Waals surface area contributed by atoms with Crippen molar-refractivity contribution in [2.75, 3.05) is 0 Å². The van der Waals surface area contributed by atoms with Crippen LogP contribution in [0, 0.1) is 0 Å². The second-order valence-corrected chi connectivity index (χ2v) is 1.92. The molecule has 64 valence electrons. The van der Waals surface area contributed by atoms with Crippen LogP contribution in [-0.2, 0) is 19.8 Å². The van der Waals surface area contributed by atoms with Crippen molar-refractivity contribution in [3.05, 3.63) is 60.7 Å². The molecule has 0 heterocycles. The van der Waals surface area contributed by atoms with Gasteiger partial charge < -0.3 is 0 Å². The minimum atomic E-state index is 2.00. The Bertz CT molecular complexity index is 161. The fourth-order valence-corrected chi connectivity index (χ4v) is 0.642. The van der Waals surface area contributed by atoms with Gasteiger partial charge >= 0.3 is 19.8 Å². The third-order valence-corrected chi connectivity index (χ3v) is 1.11. The molecule has 0 fully saturated rings. The first kappa shape index (κ1) is 11.0. The van der Waals surface area contributed by atoms with Crippen molar-refractivity contribution in [2.24, 2.45) is 0 Å². The fourth-order valence-electron chi connectivity index (χ4n) is 0.642. The van der Waals surface area contributed by atoms with Gasteiger partial charge in [0.15, 0.2) is 0 Å². The molecule has 2 aromatic rings. The molecule has 0 N–H and O–H groups in total. The van der Waals surface area contributed by atoms with Crippen LogP contribution < -0.4 is 0 Å². The molecule has 0 saturated heterocycles. The van der Waals surface area contributed by atoms with Gasteiger partial charge in [-0.2, -0.15) is 36.4 Å². The summed E-state index contributed by atoms with van der Waals surface area (Å²) in [5, 5.41) is 0. The summed E-state index contributed by atoms with van der Waals surface area (Å²) in [7, 11) is 0. The standard InChI is InChI=1S/2C5H5.Fe.O/c2*1-2-4-5-3-1;;/h2*1-5H;;/q2*-1;+2;. The van der Waals surface area contributed by atoms with Crippen molar-refractivity contribution in [1.82, 2.24) is 0 Å². The Labute approximate surface area is 80.8 Å². The van der Waals surface area contributed by atoms with Crippen LogP contribution in [0.1, 0.15) is 0 Å².